The van der Waals surface area contributed by atoms with Gasteiger partial charge in [0.15, 0.2) is 0 Å². The summed E-state index contributed by atoms with van der Waals surface area (Å²) in [5.41, 5.74) is 1.05. The lowest BCUT2D eigenvalue weighted by Gasteiger charge is -2.17. The summed E-state index contributed by atoms with van der Waals surface area (Å²) in [5.74, 6) is -1.24. The summed E-state index contributed by atoms with van der Waals surface area (Å²) in [4.78, 5) is 25.5. The molecule has 1 amide bonds. The van der Waals surface area contributed by atoms with Gasteiger partial charge in [0, 0.05) is 19.3 Å². The number of hydrogen-bond donors (Lipinski definition) is 1. The van der Waals surface area contributed by atoms with E-state index in [1.54, 1.807) is 11.6 Å². The molecule has 6 heteroatoms. The normalized spacial score (nSPS) is 10.4. The largest absolute Gasteiger partial charge is 0.395 e. The van der Waals surface area contributed by atoms with Crippen molar-refractivity contribution in [3.05, 3.63) is 48.3 Å². The van der Waals surface area contributed by atoms with Crippen LogP contribution in [-0.4, -0.2) is 51.2 Å². The molecule has 0 fully saturated rings. The fourth-order valence-corrected chi connectivity index (χ4v) is 1.95. The van der Waals surface area contributed by atoms with Crippen LogP contribution in [-0.2, 0) is 4.79 Å². The number of aliphatic hydroxyl groups is 1. The zero-order valence-electron chi connectivity index (χ0n) is 11.8. The van der Waals surface area contributed by atoms with Crippen molar-refractivity contribution in [2.24, 2.45) is 0 Å². The van der Waals surface area contributed by atoms with Gasteiger partial charge in [-0.25, -0.2) is 4.68 Å². The van der Waals surface area contributed by atoms with E-state index in [1.165, 1.54) is 17.3 Å². The first kappa shape index (κ1) is 14.9. The number of amides is 1. The molecule has 0 saturated carbocycles. The second kappa shape index (κ2) is 6.81. The van der Waals surface area contributed by atoms with Gasteiger partial charge in [-0.05, 0) is 19.1 Å². The maximum atomic E-state index is 12.1. The topological polar surface area (TPSA) is 75.4 Å². The number of Topliss-reactive ketones (excluding diaryl/α,β-unsaturated/α-hetero) is 1. The number of ketones is 1. The second-order valence-corrected chi connectivity index (χ2v) is 4.45. The molecule has 0 unspecified atom stereocenters. The molecule has 0 bridgehead atoms. The van der Waals surface area contributed by atoms with Gasteiger partial charge in [0.1, 0.15) is 0 Å². The van der Waals surface area contributed by atoms with Crippen molar-refractivity contribution in [1.82, 2.24) is 14.7 Å². The van der Waals surface area contributed by atoms with Crippen molar-refractivity contribution < 1.29 is 14.7 Å². The van der Waals surface area contributed by atoms with Crippen molar-refractivity contribution >= 4 is 11.7 Å². The summed E-state index contributed by atoms with van der Waals surface area (Å²) >= 11 is 0. The summed E-state index contributed by atoms with van der Waals surface area (Å²) in [6.07, 6.45) is 2.91. The third-order valence-electron chi connectivity index (χ3n) is 3.10. The van der Waals surface area contributed by atoms with E-state index in [-0.39, 0.29) is 18.7 Å². The molecular weight excluding hydrogens is 270 g/mol. The highest BCUT2D eigenvalue weighted by atomic mass is 16.3. The fraction of sp³-hybridized carbons (Fsp3) is 0.267. The number of para-hydroxylation sites is 1. The van der Waals surface area contributed by atoms with Gasteiger partial charge in [0.25, 0.3) is 11.7 Å². The molecule has 110 valence electrons. The number of nitrogens with zero attached hydrogens (tertiary/aromatic N) is 3. The Labute approximate surface area is 122 Å². The summed E-state index contributed by atoms with van der Waals surface area (Å²) in [6, 6.07) is 9.32. The van der Waals surface area contributed by atoms with Gasteiger partial charge in [0.2, 0.25) is 0 Å². The van der Waals surface area contributed by atoms with Gasteiger partial charge in [-0.2, -0.15) is 5.10 Å². The molecule has 1 aromatic carbocycles. The Hall–Kier alpha value is -2.47. The van der Waals surface area contributed by atoms with E-state index >= 15 is 0 Å². The predicted molar refractivity (Wildman–Crippen MR) is 77.2 cm³/mol. The van der Waals surface area contributed by atoms with Crippen LogP contribution in [0.1, 0.15) is 17.3 Å². The standard InChI is InChI=1S/C15H17N3O3/c1-2-17(8-9-19)15(21)14(20)12-10-16-18(11-12)13-6-4-3-5-7-13/h3-7,10-11,19H,2,8-9H2,1H3. The highest BCUT2D eigenvalue weighted by Gasteiger charge is 2.23. The Morgan fingerprint density at radius 1 is 1.29 bits per heavy atom. The van der Waals surface area contributed by atoms with Crippen LogP contribution in [0.3, 0.4) is 0 Å². The van der Waals surface area contributed by atoms with Crippen LogP contribution < -0.4 is 0 Å². The predicted octanol–water partition coefficient (Wildman–Crippen LogP) is 0.896. The average molecular weight is 287 g/mol. The molecule has 1 aromatic heterocycles. The Kier molecular flexibility index (Phi) is 4.84. The third kappa shape index (κ3) is 3.35. The number of rotatable bonds is 6. The molecule has 0 radical (unpaired) electrons. The van der Waals surface area contributed by atoms with E-state index in [1.807, 2.05) is 30.3 Å². The molecule has 1 N–H and O–H groups in total. The SMILES string of the molecule is CCN(CCO)C(=O)C(=O)c1cnn(-c2ccccc2)c1. The molecule has 0 spiro atoms. The highest BCUT2D eigenvalue weighted by Crippen LogP contribution is 2.09. The molecule has 1 heterocycles. The van der Waals surface area contributed by atoms with Crippen molar-refractivity contribution in [2.45, 2.75) is 6.92 Å². The van der Waals surface area contributed by atoms with Gasteiger partial charge in [-0.3, -0.25) is 9.59 Å². The summed E-state index contributed by atoms with van der Waals surface area (Å²) < 4.78 is 1.54. The minimum atomic E-state index is -0.626. The van der Waals surface area contributed by atoms with E-state index in [4.69, 9.17) is 5.11 Å². The maximum absolute atomic E-state index is 12.1. The maximum Gasteiger partial charge on any atom is 0.295 e. The summed E-state index contributed by atoms with van der Waals surface area (Å²) in [6.45, 7) is 2.11. The first-order valence-corrected chi connectivity index (χ1v) is 6.72. The lowest BCUT2D eigenvalue weighted by Crippen LogP contribution is -2.38. The second-order valence-electron chi connectivity index (χ2n) is 4.45. The van der Waals surface area contributed by atoms with Crippen molar-refractivity contribution in [3.8, 4) is 5.69 Å². The van der Waals surface area contributed by atoms with Gasteiger partial charge in [0.05, 0.1) is 24.1 Å². The molecule has 0 atom stereocenters. The minimum absolute atomic E-state index is 0.147. The van der Waals surface area contributed by atoms with E-state index in [0.29, 0.717) is 6.54 Å². The van der Waals surface area contributed by atoms with E-state index < -0.39 is 11.7 Å². The number of aromatic nitrogens is 2. The van der Waals surface area contributed by atoms with Crippen LogP contribution in [0, 0.1) is 0 Å². The first-order valence-electron chi connectivity index (χ1n) is 6.72. The molecule has 0 aliphatic heterocycles. The van der Waals surface area contributed by atoms with Crippen LogP contribution in [0.2, 0.25) is 0 Å². The Balaban J connectivity index is 2.17. The van der Waals surface area contributed by atoms with Crippen LogP contribution in [0.25, 0.3) is 5.69 Å². The molecule has 21 heavy (non-hydrogen) atoms. The molecule has 2 aromatic rings. The lowest BCUT2D eigenvalue weighted by molar-refractivity contribution is -0.126. The van der Waals surface area contributed by atoms with Crippen molar-refractivity contribution in [1.29, 1.82) is 0 Å². The molecular formula is C15H17N3O3. The Bertz CT molecular complexity index is 622. The zero-order valence-corrected chi connectivity index (χ0v) is 11.8. The molecule has 0 aliphatic carbocycles. The van der Waals surface area contributed by atoms with Gasteiger partial charge in [-0.15, -0.1) is 0 Å². The minimum Gasteiger partial charge on any atom is -0.395 e. The van der Waals surface area contributed by atoms with Gasteiger partial charge >= 0.3 is 0 Å². The lowest BCUT2D eigenvalue weighted by atomic mass is 10.2. The van der Waals surface area contributed by atoms with Gasteiger partial charge < -0.3 is 10.0 Å². The molecule has 0 aliphatic rings. The Morgan fingerprint density at radius 2 is 2.00 bits per heavy atom. The van der Waals surface area contributed by atoms with Crippen molar-refractivity contribution in [2.75, 3.05) is 19.7 Å². The van der Waals surface area contributed by atoms with Gasteiger partial charge in [-0.1, -0.05) is 18.2 Å². The third-order valence-corrected chi connectivity index (χ3v) is 3.10. The number of hydrogen-bond acceptors (Lipinski definition) is 4. The van der Waals surface area contributed by atoms with E-state index in [0.717, 1.165) is 5.69 Å². The van der Waals surface area contributed by atoms with Crippen LogP contribution >= 0.6 is 0 Å². The average Bonchev–Trinajstić information content (AvgIpc) is 3.02. The molecule has 2 rings (SSSR count). The van der Waals surface area contributed by atoms with Crippen LogP contribution in [0.5, 0.6) is 0 Å². The number of carbonyl (C=O) groups is 2. The quantitative estimate of drug-likeness (QED) is 0.632. The zero-order chi connectivity index (χ0) is 15.2. The van der Waals surface area contributed by atoms with E-state index in [2.05, 4.69) is 5.10 Å². The fourth-order valence-electron chi connectivity index (χ4n) is 1.95. The van der Waals surface area contributed by atoms with E-state index in [9.17, 15) is 9.59 Å². The highest BCUT2D eigenvalue weighted by molar-refractivity contribution is 6.42. The summed E-state index contributed by atoms with van der Waals surface area (Å²) in [7, 11) is 0. The smallest absolute Gasteiger partial charge is 0.295 e. The number of aliphatic hydroxyl groups excluding tert-OH is 1. The number of benzene rings is 1. The van der Waals surface area contributed by atoms with Crippen LogP contribution in [0.4, 0.5) is 0 Å². The molecule has 0 saturated heterocycles. The number of likely N-dealkylation sites (N-methyl/N-ethyl adjacent to an activating group) is 1. The van der Waals surface area contributed by atoms with Crippen LogP contribution in [0.15, 0.2) is 42.7 Å². The summed E-state index contributed by atoms with van der Waals surface area (Å²) in [5, 5.41) is 13.0. The monoisotopic (exact) mass is 287 g/mol. The van der Waals surface area contributed by atoms with Crippen molar-refractivity contribution in [3.63, 3.8) is 0 Å². The Morgan fingerprint density at radius 3 is 2.62 bits per heavy atom. The first-order chi connectivity index (χ1) is 10.2. The number of carbonyl (C=O) groups excluding carboxylic acids is 2. The molecule has 6 nitrogen and oxygen atoms in total.